The first-order valence-electron chi connectivity index (χ1n) is 13.6. The number of nitrogens with zero attached hydrogens (tertiary/aromatic N) is 2. The maximum absolute atomic E-state index is 11.8. The zero-order valence-electron chi connectivity index (χ0n) is 22.0. The normalized spacial score (nSPS) is 18.4. The molecule has 0 bridgehead atoms. The molecule has 3 aliphatic rings. The van der Waals surface area contributed by atoms with Crippen LogP contribution in [0.2, 0.25) is 0 Å². The maximum atomic E-state index is 11.8. The monoisotopic (exact) mass is 506 g/mol. The fourth-order valence-electron chi connectivity index (χ4n) is 5.84. The predicted molar refractivity (Wildman–Crippen MR) is 141 cm³/mol. The SMILES string of the molecule is COc1cc(CN(CC2CCCC2)[C@H](C)c2ccc3c(c2)CCO3)ccc1OCCN1C(=O)CCC1=O. The van der Waals surface area contributed by atoms with Crippen molar-refractivity contribution in [2.24, 2.45) is 5.92 Å². The first-order chi connectivity index (χ1) is 18.0. The van der Waals surface area contributed by atoms with E-state index in [-0.39, 0.29) is 31.0 Å². The van der Waals surface area contributed by atoms with Crippen molar-refractivity contribution in [2.45, 2.75) is 64.5 Å². The highest BCUT2D eigenvalue weighted by molar-refractivity contribution is 6.01. The van der Waals surface area contributed by atoms with Crippen molar-refractivity contribution < 1.29 is 23.8 Å². The van der Waals surface area contributed by atoms with E-state index in [4.69, 9.17) is 14.2 Å². The first-order valence-corrected chi connectivity index (χ1v) is 13.6. The van der Waals surface area contributed by atoms with Crippen molar-refractivity contribution in [1.29, 1.82) is 0 Å². The van der Waals surface area contributed by atoms with Crippen LogP contribution in [0.3, 0.4) is 0 Å². The number of benzene rings is 2. The number of ether oxygens (including phenoxy) is 3. The van der Waals surface area contributed by atoms with Crippen LogP contribution < -0.4 is 14.2 Å². The molecule has 0 aromatic heterocycles. The average Bonchev–Trinajstić information content (AvgIpc) is 3.66. The molecule has 1 saturated carbocycles. The second-order valence-electron chi connectivity index (χ2n) is 10.5. The van der Waals surface area contributed by atoms with Crippen LogP contribution in [-0.4, -0.2) is 55.0 Å². The average molecular weight is 507 g/mol. The molecule has 1 aliphatic carbocycles. The van der Waals surface area contributed by atoms with Gasteiger partial charge in [-0.1, -0.05) is 31.0 Å². The molecule has 37 heavy (non-hydrogen) atoms. The van der Waals surface area contributed by atoms with Crippen LogP contribution in [0.15, 0.2) is 36.4 Å². The molecule has 1 saturated heterocycles. The minimum Gasteiger partial charge on any atom is -0.493 e. The number of hydrogen-bond acceptors (Lipinski definition) is 6. The van der Waals surface area contributed by atoms with Gasteiger partial charge in [0.1, 0.15) is 12.4 Å². The van der Waals surface area contributed by atoms with Crippen LogP contribution >= 0.6 is 0 Å². The summed E-state index contributed by atoms with van der Waals surface area (Å²) in [5.41, 5.74) is 3.81. The summed E-state index contributed by atoms with van der Waals surface area (Å²) in [7, 11) is 1.64. The van der Waals surface area contributed by atoms with E-state index in [0.717, 1.165) is 37.8 Å². The van der Waals surface area contributed by atoms with E-state index in [9.17, 15) is 9.59 Å². The van der Waals surface area contributed by atoms with Crippen LogP contribution in [-0.2, 0) is 22.6 Å². The minimum atomic E-state index is -0.122. The van der Waals surface area contributed by atoms with Gasteiger partial charge in [0, 0.05) is 38.4 Å². The molecule has 198 valence electrons. The number of carbonyl (C=O) groups is 2. The van der Waals surface area contributed by atoms with E-state index in [0.29, 0.717) is 24.3 Å². The van der Waals surface area contributed by atoms with Gasteiger partial charge in [-0.2, -0.15) is 0 Å². The molecule has 2 aromatic rings. The second kappa shape index (κ2) is 11.5. The van der Waals surface area contributed by atoms with Crippen molar-refractivity contribution in [3.8, 4) is 17.2 Å². The maximum Gasteiger partial charge on any atom is 0.229 e. The van der Waals surface area contributed by atoms with Crippen molar-refractivity contribution >= 4 is 11.8 Å². The number of fused-ring (bicyclic) bond motifs is 1. The van der Waals surface area contributed by atoms with Crippen molar-refractivity contribution in [1.82, 2.24) is 9.80 Å². The zero-order chi connectivity index (χ0) is 25.8. The molecular weight excluding hydrogens is 468 g/mol. The fraction of sp³-hybridized carbons (Fsp3) is 0.533. The number of carbonyl (C=O) groups excluding carboxylic acids is 2. The Balaban J connectivity index is 1.28. The van der Waals surface area contributed by atoms with E-state index < -0.39 is 0 Å². The first kappa shape index (κ1) is 25.6. The molecule has 5 rings (SSSR count). The smallest absolute Gasteiger partial charge is 0.229 e. The molecular formula is C30H38N2O5. The summed E-state index contributed by atoms with van der Waals surface area (Å²) in [6.07, 6.45) is 6.85. The van der Waals surface area contributed by atoms with E-state index >= 15 is 0 Å². The summed E-state index contributed by atoms with van der Waals surface area (Å²) in [5, 5.41) is 0. The molecule has 0 N–H and O–H groups in total. The van der Waals surface area contributed by atoms with Crippen molar-refractivity contribution in [3.63, 3.8) is 0 Å². The lowest BCUT2D eigenvalue weighted by Gasteiger charge is -2.32. The molecule has 0 spiro atoms. The van der Waals surface area contributed by atoms with E-state index in [2.05, 4.69) is 36.1 Å². The molecule has 7 nitrogen and oxygen atoms in total. The summed E-state index contributed by atoms with van der Waals surface area (Å²) in [5.74, 6) is 2.81. The Morgan fingerprint density at radius 1 is 1.03 bits per heavy atom. The Hall–Kier alpha value is -3.06. The van der Waals surface area contributed by atoms with E-state index in [1.807, 2.05) is 12.1 Å². The minimum absolute atomic E-state index is 0.122. The number of rotatable bonds is 11. The van der Waals surface area contributed by atoms with Crippen LogP contribution in [0.25, 0.3) is 0 Å². The highest BCUT2D eigenvalue weighted by atomic mass is 16.5. The Bertz CT molecular complexity index is 1110. The lowest BCUT2D eigenvalue weighted by molar-refractivity contribution is -0.138. The van der Waals surface area contributed by atoms with Gasteiger partial charge in [0.05, 0.1) is 20.3 Å². The second-order valence-corrected chi connectivity index (χ2v) is 10.5. The summed E-state index contributed by atoms with van der Waals surface area (Å²) in [6, 6.07) is 13.0. The lowest BCUT2D eigenvalue weighted by Crippen LogP contribution is -2.33. The Labute approximate surface area is 219 Å². The third kappa shape index (κ3) is 5.93. The van der Waals surface area contributed by atoms with Gasteiger partial charge in [0.2, 0.25) is 11.8 Å². The standard InChI is InChI=1S/C30H38N2O5/c1-21(24-8-10-26-25(18-24)13-15-36-26)31(19-22-5-3-4-6-22)20-23-7-9-27(28(17-23)35-2)37-16-14-32-29(33)11-12-30(32)34/h7-10,17-18,21-22H,3-6,11-16,19-20H2,1-2H3/t21-/m1/s1. The number of hydrogen-bond donors (Lipinski definition) is 0. The largest absolute Gasteiger partial charge is 0.493 e. The fourth-order valence-corrected chi connectivity index (χ4v) is 5.84. The van der Waals surface area contributed by atoms with Crippen LogP contribution in [0.1, 0.15) is 68.2 Å². The van der Waals surface area contributed by atoms with Crippen molar-refractivity contribution in [2.75, 3.05) is 33.4 Å². The van der Waals surface area contributed by atoms with Crippen LogP contribution in [0.4, 0.5) is 0 Å². The number of likely N-dealkylation sites (tertiary alicyclic amines) is 1. The van der Waals surface area contributed by atoms with Gasteiger partial charge < -0.3 is 14.2 Å². The summed E-state index contributed by atoms with van der Waals surface area (Å²) in [6.45, 7) is 5.49. The highest BCUT2D eigenvalue weighted by Gasteiger charge is 2.28. The third-order valence-corrected chi connectivity index (χ3v) is 8.05. The molecule has 7 heteroatoms. The quantitative estimate of drug-likeness (QED) is 0.404. The number of amides is 2. The van der Waals surface area contributed by atoms with Gasteiger partial charge in [-0.25, -0.2) is 0 Å². The van der Waals surface area contributed by atoms with E-state index in [1.54, 1.807) is 7.11 Å². The van der Waals surface area contributed by atoms with Crippen LogP contribution in [0.5, 0.6) is 17.2 Å². The highest BCUT2D eigenvalue weighted by Crippen LogP contribution is 2.35. The molecule has 1 atom stereocenters. The topological polar surface area (TPSA) is 68.3 Å². The van der Waals surface area contributed by atoms with Gasteiger partial charge in [0.25, 0.3) is 0 Å². The van der Waals surface area contributed by atoms with Gasteiger partial charge >= 0.3 is 0 Å². The molecule has 0 radical (unpaired) electrons. The summed E-state index contributed by atoms with van der Waals surface area (Å²) in [4.78, 5) is 27.6. The van der Waals surface area contributed by atoms with E-state index in [1.165, 1.54) is 47.3 Å². The molecule has 2 heterocycles. The number of methoxy groups -OCH3 is 1. The van der Waals surface area contributed by atoms with Gasteiger partial charge in [0.15, 0.2) is 11.5 Å². The molecule has 2 aromatic carbocycles. The molecule has 2 aliphatic heterocycles. The Morgan fingerprint density at radius 3 is 2.57 bits per heavy atom. The molecule has 0 unspecified atom stereocenters. The van der Waals surface area contributed by atoms with Crippen LogP contribution in [0, 0.1) is 5.92 Å². The molecule has 2 fully saturated rings. The van der Waals surface area contributed by atoms with Gasteiger partial charge in [-0.3, -0.25) is 19.4 Å². The van der Waals surface area contributed by atoms with Crippen molar-refractivity contribution in [3.05, 3.63) is 53.1 Å². The van der Waals surface area contributed by atoms with Gasteiger partial charge in [-0.15, -0.1) is 0 Å². The van der Waals surface area contributed by atoms with Gasteiger partial charge in [-0.05, 0) is 60.6 Å². The Morgan fingerprint density at radius 2 is 1.81 bits per heavy atom. The summed E-state index contributed by atoms with van der Waals surface area (Å²) >= 11 is 0. The molecule has 2 amide bonds. The zero-order valence-corrected chi connectivity index (χ0v) is 22.0. The lowest BCUT2D eigenvalue weighted by atomic mass is 9.99. The predicted octanol–water partition coefficient (Wildman–Crippen LogP) is 4.91. The summed E-state index contributed by atoms with van der Waals surface area (Å²) < 4.78 is 17.3. The number of imide groups is 1. The third-order valence-electron chi connectivity index (χ3n) is 8.05. The Kier molecular flexibility index (Phi) is 7.99.